The molecule has 2 N–H and O–H groups in total. The minimum absolute atomic E-state index is 0.0518. The number of carbonyl (C=O) groups is 1. The second-order valence-electron chi connectivity index (χ2n) is 2.52. The molecule has 1 heterocycles. The minimum atomic E-state index is -0.0663. The lowest BCUT2D eigenvalue weighted by molar-refractivity contribution is -0.122. The highest BCUT2D eigenvalue weighted by Crippen LogP contribution is 2.03. The van der Waals surface area contributed by atoms with E-state index in [2.05, 4.69) is 10.6 Å². The molecule has 0 bridgehead atoms. The minimum Gasteiger partial charge on any atom is -0.342 e. The van der Waals surface area contributed by atoms with E-state index in [0.717, 1.165) is 19.4 Å². The SMILES string of the molecule is N#CCNC(=O)[C@H]1CCCN1. The maximum absolute atomic E-state index is 11.1. The van der Waals surface area contributed by atoms with Gasteiger partial charge in [-0.3, -0.25) is 4.79 Å². The summed E-state index contributed by atoms with van der Waals surface area (Å²) >= 11 is 0. The van der Waals surface area contributed by atoms with Crippen molar-refractivity contribution < 1.29 is 4.79 Å². The van der Waals surface area contributed by atoms with E-state index in [-0.39, 0.29) is 18.5 Å². The van der Waals surface area contributed by atoms with Crippen molar-refractivity contribution in [3.05, 3.63) is 0 Å². The van der Waals surface area contributed by atoms with E-state index in [1.807, 2.05) is 6.07 Å². The van der Waals surface area contributed by atoms with E-state index < -0.39 is 0 Å². The topological polar surface area (TPSA) is 64.9 Å². The van der Waals surface area contributed by atoms with Gasteiger partial charge in [0.25, 0.3) is 0 Å². The lowest BCUT2D eigenvalue weighted by Crippen LogP contribution is -2.40. The number of nitrogens with zero attached hydrogens (tertiary/aromatic N) is 1. The van der Waals surface area contributed by atoms with Gasteiger partial charge in [0.15, 0.2) is 0 Å². The smallest absolute Gasteiger partial charge is 0.237 e. The number of rotatable bonds is 2. The monoisotopic (exact) mass is 153 g/mol. The van der Waals surface area contributed by atoms with Gasteiger partial charge in [-0.2, -0.15) is 5.26 Å². The zero-order chi connectivity index (χ0) is 8.10. The number of hydrogen-bond acceptors (Lipinski definition) is 3. The molecule has 1 atom stereocenters. The van der Waals surface area contributed by atoms with Crippen molar-refractivity contribution in [2.24, 2.45) is 0 Å². The Bertz CT molecular complexity index is 179. The third-order valence-electron chi connectivity index (χ3n) is 1.72. The van der Waals surface area contributed by atoms with Gasteiger partial charge in [0, 0.05) is 0 Å². The molecular weight excluding hydrogens is 142 g/mol. The highest BCUT2D eigenvalue weighted by molar-refractivity contribution is 5.82. The van der Waals surface area contributed by atoms with Crippen molar-refractivity contribution in [2.45, 2.75) is 18.9 Å². The van der Waals surface area contributed by atoms with Gasteiger partial charge in [-0.1, -0.05) is 0 Å². The molecule has 0 unspecified atom stereocenters. The number of nitriles is 1. The normalized spacial score (nSPS) is 22.6. The van der Waals surface area contributed by atoms with E-state index in [1.54, 1.807) is 0 Å². The molecule has 1 saturated heterocycles. The van der Waals surface area contributed by atoms with Crippen molar-refractivity contribution in [3.63, 3.8) is 0 Å². The zero-order valence-electron chi connectivity index (χ0n) is 6.26. The Morgan fingerprint density at radius 1 is 1.82 bits per heavy atom. The Hall–Kier alpha value is -1.08. The summed E-state index contributed by atoms with van der Waals surface area (Å²) in [5, 5.41) is 13.7. The Labute approximate surface area is 65.6 Å². The second-order valence-corrected chi connectivity index (χ2v) is 2.52. The van der Waals surface area contributed by atoms with Crippen LogP contribution in [0.5, 0.6) is 0 Å². The van der Waals surface area contributed by atoms with Crippen molar-refractivity contribution in [3.8, 4) is 6.07 Å². The standard InChI is InChI=1S/C7H11N3O/c8-3-5-10-7(11)6-2-1-4-9-6/h6,9H,1-2,4-5H2,(H,10,11)/t6-/m1/s1. The van der Waals surface area contributed by atoms with Crippen molar-refractivity contribution >= 4 is 5.91 Å². The molecule has 1 rings (SSSR count). The quantitative estimate of drug-likeness (QED) is 0.519. The molecule has 1 amide bonds. The summed E-state index contributed by atoms with van der Waals surface area (Å²) in [5.74, 6) is -0.0518. The molecule has 4 nitrogen and oxygen atoms in total. The van der Waals surface area contributed by atoms with Crippen LogP contribution in [0.4, 0.5) is 0 Å². The zero-order valence-corrected chi connectivity index (χ0v) is 6.26. The predicted molar refractivity (Wildman–Crippen MR) is 39.6 cm³/mol. The Morgan fingerprint density at radius 2 is 2.64 bits per heavy atom. The van der Waals surface area contributed by atoms with E-state index in [9.17, 15) is 4.79 Å². The fourth-order valence-corrected chi connectivity index (χ4v) is 1.16. The van der Waals surface area contributed by atoms with Crippen molar-refractivity contribution in [1.29, 1.82) is 5.26 Å². The van der Waals surface area contributed by atoms with Gasteiger partial charge in [0.2, 0.25) is 5.91 Å². The van der Waals surface area contributed by atoms with Crippen LogP contribution in [-0.4, -0.2) is 25.0 Å². The van der Waals surface area contributed by atoms with Gasteiger partial charge in [-0.05, 0) is 19.4 Å². The van der Waals surface area contributed by atoms with Crippen molar-refractivity contribution in [2.75, 3.05) is 13.1 Å². The highest BCUT2D eigenvalue weighted by Gasteiger charge is 2.20. The lowest BCUT2D eigenvalue weighted by atomic mass is 10.2. The molecule has 0 saturated carbocycles. The first-order valence-electron chi connectivity index (χ1n) is 3.72. The van der Waals surface area contributed by atoms with E-state index in [0.29, 0.717) is 0 Å². The molecule has 0 aliphatic carbocycles. The van der Waals surface area contributed by atoms with Crippen LogP contribution in [0.25, 0.3) is 0 Å². The number of nitrogens with one attached hydrogen (secondary N) is 2. The van der Waals surface area contributed by atoms with E-state index in [4.69, 9.17) is 5.26 Å². The fraction of sp³-hybridized carbons (Fsp3) is 0.714. The second kappa shape index (κ2) is 3.94. The van der Waals surface area contributed by atoms with Gasteiger partial charge < -0.3 is 10.6 Å². The molecule has 1 aliphatic rings. The molecule has 0 aromatic heterocycles. The van der Waals surface area contributed by atoms with Gasteiger partial charge in [-0.25, -0.2) is 0 Å². The Balaban J connectivity index is 2.24. The van der Waals surface area contributed by atoms with Crippen LogP contribution in [0, 0.1) is 11.3 Å². The third kappa shape index (κ3) is 2.20. The summed E-state index contributed by atoms with van der Waals surface area (Å²) in [4.78, 5) is 11.1. The molecule has 4 heteroatoms. The molecule has 0 aromatic carbocycles. The van der Waals surface area contributed by atoms with Crippen LogP contribution < -0.4 is 10.6 Å². The summed E-state index contributed by atoms with van der Waals surface area (Å²) in [7, 11) is 0. The number of carbonyl (C=O) groups excluding carboxylic acids is 1. The van der Waals surface area contributed by atoms with Gasteiger partial charge in [0.05, 0.1) is 12.1 Å². The molecule has 1 aliphatic heterocycles. The number of amides is 1. The maximum Gasteiger partial charge on any atom is 0.237 e. The van der Waals surface area contributed by atoms with E-state index >= 15 is 0 Å². The van der Waals surface area contributed by atoms with E-state index in [1.165, 1.54) is 0 Å². The summed E-state index contributed by atoms with van der Waals surface area (Å²) in [5.41, 5.74) is 0. The van der Waals surface area contributed by atoms with Gasteiger partial charge >= 0.3 is 0 Å². The van der Waals surface area contributed by atoms with Crippen LogP contribution in [0.2, 0.25) is 0 Å². The lowest BCUT2D eigenvalue weighted by Gasteiger charge is -2.07. The third-order valence-corrected chi connectivity index (χ3v) is 1.72. The summed E-state index contributed by atoms with van der Waals surface area (Å²) in [6.07, 6.45) is 1.93. The Morgan fingerprint density at radius 3 is 3.18 bits per heavy atom. The first kappa shape index (κ1) is 8.02. The fourth-order valence-electron chi connectivity index (χ4n) is 1.16. The molecule has 0 aromatic rings. The van der Waals surface area contributed by atoms with Crippen LogP contribution in [0.1, 0.15) is 12.8 Å². The first-order valence-corrected chi connectivity index (χ1v) is 3.72. The van der Waals surface area contributed by atoms with Crippen LogP contribution in [-0.2, 0) is 4.79 Å². The average molecular weight is 153 g/mol. The van der Waals surface area contributed by atoms with Crippen LogP contribution in [0.15, 0.2) is 0 Å². The largest absolute Gasteiger partial charge is 0.342 e. The highest BCUT2D eigenvalue weighted by atomic mass is 16.2. The molecule has 11 heavy (non-hydrogen) atoms. The van der Waals surface area contributed by atoms with Crippen molar-refractivity contribution in [1.82, 2.24) is 10.6 Å². The average Bonchev–Trinajstić information content (AvgIpc) is 2.52. The maximum atomic E-state index is 11.1. The summed E-state index contributed by atoms with van der Waals surface area (Å²) < 4.78 is 0. The number of hydrogen-bond donors (Lipinski definition) is 2. The summed E-state index contributed by atoms with van der Waals surface area (Å²) in [6, 6.07) is 1.80. The van der Waals surface area contributed by atoms with Crippen LogP contribution >= 0.6 is 0 Å². The molecule has 0 spiro atoms. The molecule has 0 radical (unpaired) electrons. The molecular formula is C7H11N3O. The van der Waals surface area contributed by atoms with Gasteiger partial charge in [0.1, 0.15) is 6.54 Å². The molecule has 60 valence electrons. The van der Waals surface area contributed by atoms with Gasteiger partial charge in [-0.15, -0.1) is 0 Å². The Kier molecular flexibility index (Phi) is 2.87. The molecule has 1 fully saturated rings. The van der Waals surface area contributed by atoms with Crippen LogP contribution in [0.3, 0.4) is 0 Å². The first-order chi connectivity index (χ1) is 5.34. The summed E-state index contributed by atoms with van der Waals surface area (Å²) in [6.45, 7) is 1.02. The predicted octanol–water partition coefficient (Wildman–Crippen LogP) is -0.622.